The second kappa shape index (κ2) is 7.14. The van der Waals surface area contributed by atoms with E-state index in [1.165, 1.54) is 5.57 Å². The summed E-state index contributed by atoms with van der Waals surface area (Å²) in [5.74, 6) is -0.272. The maximum Gasteiger partial charge on any atom is 0.305 e. The van der Waals surface area contributed by atoms with Gasteiger partial charge >= 0.3 is 5.97 Å². The van der Waals surface area contributed by atoms with E-state index in [0.29, 0.717) is 18.8 Å². The minimum Gasteiger partial charge on any atom is -0.462 e. The van der Waals surface area contributed by atoms with Gasteiger partial charge in [0, 0.05) is 11.8 Å². The zero-order valence-electron chi connectivity index (χ0n) is 17.0. The maximum atomic E-state index is 12.0. The van der Waals surface area contributed by atoms with Gasteiger partial charge in [-0.05, 0) is 61.1 Å². The Labute approximate surface area is 168 Å². The van der Waals surface area contributed by atoms with Crippen LogP contribution in [-0.2, 0) is 9.53 Å². The van der Waals surface area contributed by atoms with Crippen molar-refractivity contribution in [1.82, 2.24) is 0 Å². The predicted octanol–water partition coefficient (Wildman–Crippen LogP) is 2.14. The lowest BCUT2D eigenvalue weighted by molar-refractivity contribution is -0.169. The average molecular weight is 388 g/mol. The van der Waals surface area contributed by atoms with E-state index in [2.05, 4.69) is 6.92 Å². The Balaban J connectivity index is 1.70. The highest BCUT2D eigenvalue weighted by molar-refractivity contribution is 6.12. The molecule has 154 valence electrons. The number of esters is 1. The highest BCUT2D eigenvalue weighted by Crippen LogP contribution is 2.66. The molecule has 2 radical (unpaired) electrons. The Hall–Kier alpha value is -0.845. The molecule has 6 heteroatoms. The van der Waals surface area contributed by atoms with Gasteiger partial charge in [-0.25, -0.2) is 0 Å². The number of fused-ring (bicyclic) bond motifs is 5. The van der Waals surface area contributed by atoms with E-state index in [1.807, 2.05) is 6.08 Å². The van der Waals surface area contributed by atoms with Crippen LogP contribution < -0.4 is 0 Å². The summed E-state index contributed by atoms with van der Waals surface area (Å²) in [4.78, 5) is 12.0. The Kier molecular flexibility index (Phi) is 5.21. The second-order valence-electron chi connectivity index (χ2n) is 9.88. The van der Waals surface area contributed by atoms with Crippen LogP contribution in [0.15, 0.2) is 11.6 Å². The first-order valence-electron chi connectivity index (χ1n) is 10.9. The van der Waals surface area contributed by atoms with Gasteiger partial charge in [-0.3, -0.25) is 4.79 Å². The number of ether oxygens (including phenoxy) is 1. The number of aliphatic hydroxyl groups excluding tert-OH is 3. The first kappa shape index (κ1) is 20.4. The summed E-state index contributed by atoms with van der Waals surface area (Å²) in [6.07, 6.45) is 5.47. The molecule has 3 fully saturated rings. The summed E-state index contributed by atoms with van der Waals surface area (Å²) < 4.78 is 5.74. The SMILES string of the molecule is [B][C@@H]1CC2C3C(CC[C@]2(CO)C1OC(=O)CC)[C@@]1(C)CC[C@H](O)CC1=C[C@@H]3O. The summed E-state index contributed by atoms with van der Waals surface area (Å²) in [7, 11) is 6.43. The zero-order valence-corrected chi connectivity index (χ0v) is 17.0. The van der Waals surface area contributed by atoms with Gasteiger partial charge < -0.3 is 20.1 Å². The molecule has 3 saturated carbocycles. The Morgan fingerprint density at radius 2 is 2.04 bits per heavy atom. The van der Waals surface area contributed by atoms with Gasteiger partial charge in [-0.2, -0.15) is 0 Å². The fourth-order valence-corrected chi connectivity index (χ4v) is 7.20. The highest BCUT2D eigenvalue weighted by Gasteiger charge is 2.64. The molecule has 5 nitrogen and oxygen atoms in total. The van der Waals surface area contributed by atoms with E-state index in [0.717, 1.165) is 25.7 Å². The van der Waals surface area contributed by atoms with Crippen molar-refractivity contribution < 1.29 is 24.9 Å². The number of carbonyl (C=O) groups excluding carboxylic acids is 1. The maximum absolute atomic E-state index is 12.0. The normalized spacial score (nSPS) is 50.2. The van der Waals surface area contributed by atoms with Crippen molar-refractivity contribution in [3.8, 4) is 0 Å². The molecule has 0 aromatic rings. The van der Waals surface area contributed by atoms with Crippen molar-refractivity contribution in [2.24, 2.45) is 28.6 Å². The lowest BCUT2D eigenvalue weighted by Gasteiger charge is -2.59. The van der Waals surface area contributed by atoms with Crippen molar-refractivity contribution >= 4 is 13.8 Å². The molecule has 0 heterocycles. The van der Waals surface area contributed by atoms with E-state index in [9.17, 15) is 20.1 Å². The van der Waals surface area contributed by atoms with Gasteiger partial charge in [0.25, 0.3) is 0 Å². The molecule has 4 unspecified atom stereocenters. The van der Waals surface area contributed by atoms with E-state index < -0.39 is 17.6 Å². The Morgan fingerprint density at radius 3 is 2.71 bits per heavy atom. The minimum atomic E-state index is -0.609. The molecular weight excluding hydrogens is 355 g/mol. The molecule has 0 spiro atoms. The molecule has 4 aliphatic carbocycles. The molecule has 0 aliphatic heterocycles. The molecule has 0 aromatic carbocycles. The molecule has 0 amide bonds. The summed E-state index contributed by atoms with van der Waals surface area (Å²) in [5, 5.41) is 31.7. The zero-order chi connectivity index (χ0) is 20.3. The fourth-order valence-electron chi connectivity index (χ4n) is 7.20. The standard InChI is InChI=1S/C22H33BO5/c1-3-18(27)28-20-16(23)10-15-19-14(5-7-22(15,20)11-24)21(2)6-4-13(25)8-12(21)9-17(19)26/h9,13-17,19-20,24-26H,3-8,10-11H2,1-2H3/t13-,14?,15?,16+,17-,19?,20?,21-,22+/m0/s1. The third kappa shape index (κ3) is 2.82. The van der Waals surface area contributed by atoms with Crippen LogP contribution in [0.4, 0.5) is 0 Å². The van der Waals surface area contributed by atoms with Crippen LogP contribution in [0, 0.1) is 28.6 Å². The summed E-state index contributed by atoms with van der Waals surface area (Å²) in [6, 6.07) is 0. The van der Waals surface area contributed by atoms with Crippen LogP contribution in [-0.4, -0.2) is 54.1 Å². The minimum absolute atomic E-state index is 0.00118. The van der Waals surface area contributed by atoms with Gasteiger partial charge in [0.15, 0.2) is 0 Å². The van der Waals surface area contributed by atoms with Gasteiger partial charge in [0.05, 0.1) is 26.7 Å². The lowest BCUT2D eigenvalue weighted by Crippen LogP contribution is -2.57. The number of carbonyl (C=O) groups is 1. The monoisotopic (exact) mass is 388 g/mol. The molecule has 0 saturated heterocycles. The fraction of sp³-hybridized carbons (Fsp3) is 0.864. The third-order valence-corrected chi connectivity index (χ3v) is 8.68. The summed E-state index contributed by atoms with van der Waals surface area (Å²) >= 11 is 0. The molecule has 4 rings (SSSR count). The number of rotatable bonds is 3. The molecular formula is C22H33BO5. The molecule has 4 aliphatic rings. The number of hydrogen-bond donors (Lipinski definition) is 3. The summed E-state index contributed by atoms with van der Waals surface area (Å²) in [6.45, 7) is 3.97. The Bertz CT molecular complexity index is 665. The van der Waals surface area contributed by atoms with Crippen LogP contribution in [0.3, 0.4) is 0 Å². The third-order valence-electron chi connectivity index (χ3n) is 8.68. The average Bonchev–Trinajstić information content (AvgIpc) is 2.95. The smallest absolute Gasteiger partial charge is 0.305 e. The number of hydrogen-bond acceptors (Lipinski definition) is 5. The van der Waals surface area contributed by atoms with Gasteiger partial charge in [-0.1, -0.05) is 31.9 Å². The molecule has 3 N–H and O–H groups in total. The van der Waals surface area contributed by atoms with Crippen molar-refractivity contribution in [3.05, 3.63) is 11.6 Å². The largest absolute Gasteiger partial charge is 0.462 e. The Morgan fingerprint density at radius 1 is 1.29 bits per heavy atom. The van der Waals surface area contributed by atoms with Crippen molar-refractivity contribution in [2.45, 2.75) is 82.9 Å². The first-order valence-corrected chi connectivity index (χ1v) is 10.9. The first-order chi connectivity index (χ1) is 13.3. The predicted molar refractivity (Wildman–Crippen MR) is 106 cm³/mol. The van der Waals surface area contributed by atoms with Crippen LogP contribution in [0.2, 0.25) is 5.82 Å². The van der Waals surface area contributed by atoms with E-state index in [1.54, 1.807) is 6.92 Å². The summed E-state index contributed by atoms with van der Waals surface area (Å²) in [5.41, 5.74) is 0.600. The quantitative estimate of drug-likeness (QED) is 0.392. The number of aliphatic hydroxyl groups is 3. The van der Waals surface area contributed by atoms with Crippen molar-refractivity contribution in [3.63, 3.8) is 0 Å². The molecule has 28 heavy (non-hydrogen) atoms. The topological polar surface area (TPSA) is 87.0 Å². The van der Waals surface area contributed by atoms with Crippen molar-refractivity contribution in [1.29, 1.82) is 0 Å². The van der Waals surface area contributed by atoms with Crippen LogP contribution >= 0.6 is 0 Å². The molecule has 0 bridgehead atoms. The molecule has 0 aromatic heterocycles. The second-order valence-corrected chi connectivity index (χ2v) is 9.88. The molecule has 9 atom stereocenters. The van der Waals surface area contributed by atoms with Crippen molar-refractivity contribution in [2.75, 3.05) is 6.61 Å². The van der Waals surface area contributed by atoms with Crippen LogP contribution in [0.1, 0.15) is 58.8 Å². The highest BCUT2D eigenvalue weighted by atomic mass is 16.5. The lowest BCUT2D eigenvalue weighted by atomic mass is 9.47. The van der Waals surface area contributed by atoms with Gasteiger partial charge in [0.2, 0.25) is 0 Å². The van der Waals surface area contributed by atoms with E-state index in [-0.39, 0.29) is 48.2 Å². The van der Waals surface area contributed by atoms with E-state index >= 15 is 0 Å². The van der Waals surface area contributed by atoms with Crippen LogP contribution in [0.5, 0.6) is 0 Å². The van der Waals surface area contributed by atoms with Crippen LogP contribution in [0.25, 0.3) is 0 Å². The van der Waals surface area contributed by atoms with E-state index in [4.69, 9.17) is 12.6 Å². The van der Waals surface area contributed by atoms with Gasteiger partial charge in [-0.15, -0.1) is 0 Å². The van der Waals surface area contributed by atoms with Gasteiger partial charge in [0.1, 0.15) is 6.10 Å².